The molecule has 0 spiro atoms. The van der Waals surface area contributed by atoms with E-state index in [1.165, 1.54) is 28.5 Å². The van der Waals surface area contributed by atoms with Crippen LogP contribution < -0.4 is 4.74 Å². The van der Waals surface area contributed by atoms with Gasteiger partial charge in [0.1, 0.15) is 11.5 Å². The number of fused-ring (bicyclic) bond motifs is 7. The number of para-hydroxylation sites is 1. The van der Waals surface area contributed by atoms with Crippen LogP contribution in [0.5, 0.6) is 11.5 Å². The summed E-state index contributed by atoms with van der Waals surface area (Å²) in [5, 5.41) is 9.30. The summed E-state index contributed by atoms with van der Waals surface area (Å²) in [7, 11) is 0. The molecule has 0 aromatic heterocycles. The van der Waals surface area contributed by atoms with E-state index in [4.69, 9.17) is 4.74 Å². The molecule has 0 saturated carbocycles. The minimum Gasteiger partial charge on any atom is -0.455 e. The summed E-state index contributed by atoms with van der Waals surface area (Å²) in [4.78, 5) is 0. The second-order valence-electron chi connectivity index (χ2n) is 13.2. The zero-order chi connectivity index (χ0) is 34.3. The standard InChI is InChI=1S/C47H27F3O/c48-47(49,50)36-20-16-28(17-21-36)29-7-3-8-30(24-29)31-18-22-38-33(25-31)14-15-34-26-35(19-23-39(34)38)40-10-4-13-43-42-12-5-11-41-37-9-2-1-6-32(37)27-44(45(41)42)51-46(40)43/h1-27H. The second kappa shape index (κ2) is 11.1. The van der Waals surface area contributed by atoms with Crippen molar-refractivity contribution in [1.29, 1.82) is 0 Å². The topological polar surface area (TPSA) is 9.23 Å². The lowest BCUT2D eigenvalue weighted by atomic mass is 9.89. The average Bonchev–Trinajstić information content (AvgIpc) is 3.17. The smallest absolute Gasteiger partial charge is 0.416 e. The highest BCUT2D eigenvalue weighted by Crippen LogP contribution is 2.52. The van der Waals surface area contributed by atoms with Crippen molar-refractivity contribution in [3.05, 3.63) is 169 Å². The van der Waals surface area contributed by atoms with Gasteiger partial charge in [-0.05, 0) is 107 Å². The van der Waals surface area contributed by atoms with Gasteiger partial charge in [0.25, 0.3) is 0 Å². The summed E-state index contributed by atoms with van der Waals surface area (Å²) < 4.78 is 46.1. The van der Waals surface area contributed by atoms with E-state index in [0.717, 1.165) is 94.9 Å². The van der Waals surface area contributed by atoms with Gasteiger partial charge in [0.2, 0.25) is 0 Å². The molecule has 1 heterocycles. The lowest BCUT2D eigenvalue weighted by Crippen LogP contribution is -2.03. The molecular weight excluding hydrogens is 638 g/mol. The first-order valence-corrected chi connectivity index (χ1v) is 16.9. The maximum absolute atomic E-state index is 13.1. The van der Waals surface area contributed by atoms with E-state index in [2.05, 4.69) is 115 Å². The van der Waals surface area contributed by atoms with Gasteiger partial charge in [0.05, 0.1) is 5.56 Å². The molecule has 0 unspecified atom stereocenters. The average molecular weight is 665 g/mol. The molecule has 0 aliphatic carbocycles. The van der Waals surface area contributed by atoms with E-state index < -0.39 is 11.7 Å². The van der Waals surface area contributed by atoms with Gasteiger partial charge < -0.3 is 4.74 Å². The molecule has 242 valence electrons. The molecule has 0 amide bonds. The fourth-order valence-corrected chi connectivity index (χ4v) is 7.77. The van der Waals surface area contributed by atoms with Crippen LogP contribution >= 0.6 is 0 Å². The Balaban J connectivity index is 1.02. The van der Waals surface area contributed by atoms with Crippen molar-refractivity contribution >= 4 is 43.1 Å². The molecule has 10 rings (SSSR count). The van der Waals surface area contributed by atoms with Gasteiger partial charge in [0.15, 0.2) is 0 Å². The van der Waals surface area contributed by atoms with Gasteiger partial charge in [-0.3, -0.25) is 0 Å². The fourth-order valence-electron chi connectivity index (χ4n) is 7.77. The number of ether oxygens (including phenoxy) is 1. The summed E-state index contributed by atoms with van der Waals surface area (Å²) in [6.45, 7) is 0. The summed E-state index contributed by atoms with van der Waals surface area (Å²) in [6, 6.07) is 54.2. The van der Waals surface area contributed by atoms with Crippen LogP contribution in [0.3, 0.4) is 0 Å². The van der Waals surface area contributed by atoms with Crippen molar-refractivity contribution in [3.63, 3.8) is 0 Å². The first-order chi connectivity index (χ1) is 24.9. The van der Waals surface area contributed by atoms with Crippen molar-refractivity contribution < 1.29 is 17.9 Å². The normalized spacial score (nSPS) is 12.4. The molecule has 0 atom stereocenters. The summed E-state index contributed by atoms with van der Waals surface area (Å²) >= 11 is 0. The third-order valence-corrected chi connectivity index (χ3v) is 10.3. The lowest BCUT2D eigenvalue weighted by molar-refractivity contribution is -0.137. The van der Waals surface area contributed by atoms with Crippen LogP contribution in [-0.2, 0) is 6.18 Å². The van der Waals surface area contributed by atoms with Crippen LogP contribution in [0.4, 0.5) is 13.2 Å². The quantitative estimate of drug-likeness (QED) is 0.171. The SMILES string of the molecule is FC(F)(F)c1ccc(-c2cccc(-c3ccc4c(ccc5cc(-c6cccc7c6Oc6cc8ccccc8c8cccc-7c68)ccc54)c3)c2)cc1. The minimum atomic E-state index is -4.36. The van der Waals surface area contributed by atoms with E-state index >= 15 is 0 Å². The number of hydrogen-bond acceptors (Lipinski definition) is 1. The zero-order valence-corrected chi connectivity index (χ0v) is 27.1. The van der Waals surface area contributed by atoms with Crippen molar-refractivity contribution in [2.75, 3.05) is 0 Å². The Morgan fingerprint density at radius 1 is 0.373 bits per heavy atom. The Kier molecular flexibility index (Phi) is 6.40. The lowest BCUT2D eigenvalue weighted by Gasteiger charge is -2.24. The highest BCUT2D eigenvalue weighted by molar-refractivity contribution is 6.17. The largest absolute Gasteiger partial charge is 0.455 e. The monoisotopic (exact) mass is 664 g/mol. The van der Waals surface area contributed by atoms with Gasteiger partial charge in [-0.25, -0.2) is 0 Å². The number of alkyl halides is 3. The Labute approximate surface area is 291 Å². The van der Waals surface area contributed by atoms with E-state index in [-0.39, 0.29) is 0 Å². The number of benzene rings is 9. The predicted octanol–water partition coefficient (Wildman–Crippen LogP) is 14.1. The Morgan fingerprint density at radius 2 is 0.922 bits per heavy atom. The molecule has 9 aromatic carbocycles. The molecule has 1 aliphatic rings. The van der Waals surface area contributed by atoms with E-state index in [9.17, 15) is 13.2 Å². The van der Waals surface area contributed by atoms with E-state index in [0.29, 0.717) is 0 Å². The first-order valence-electron chi connectivity index (χ1n) is 16.9. The summed E-state index contributed by atoms with van der Waals surface area (Å²) in [6.07, 6.45) is -4.36. The van der Waals surface area contributed by atoms with Crippen LogP contribution in [0.1, 0.15) is 5.56 Å². The van der Waals surface area contributed by atoms with Crippen molar-refractivity contribution in [1.82, 2.24) is 0 Å². The van der Waals surface area contributed by atoms with Crippen LogP contribution in [0.25, 0.3) is 87.6 Å². The number of hydrogen-bond donors (Lipinski definition) is 0. The van der Waals surface area contributed by atoms with Crippen LogP contribution in [0, 0.1) is 0 Å². The molecule has 1 aliphatic heterocycles. The van der Waals surface area contributed by atoms with Gasteiger partial charge >= 0.3 is 6.18 Å². The van der Waals surface area contributed by atoms with Gasteiger partial charge in [-0.1, -0.05) is 127 Å². The molecule has 0 bridgehead atoms. The van der Waals surface area contributed by atoms with E-state index in [1.54, 1.807) is 0 Å². The fraction of sp³-hybridized carbons (Fsp3) is 0.0213. The maximum atomic E-state index is 13.1. The Bertz CT molecular complexity index is 2870. The number of rotatable bonds is 3. The molecule has 9 aromatic rings. The molecule has 51 heavy (non-hydrogen) atoms. The molecule has 0 radical (unpaired) electrons. The van der Waals surface area contributed by atoms with Crippen LogP contribution in [0.15, 0.2) is 164 Å². The molecule has 4 heteroatoms. The third-order valence-electron chi connectivity index (χ3n) is 10.3. The van der Waals surface area contributed by atoms with Gasteiger partial charge in [-0.15, -0.1) is 0 Å². The van der Waals surface area contributed by atoms with Crippen molar-refractivity contribution in [2.45, 2.75) is 6.18 Å². The van der Waals surface area contributed by atoms with Gasteiger partial charge in [0, 0.05) is 16.5 Å². The zero-order valence-electron chi connectivity index (χ0n) is 27.1. The molecule has 0 N–H and O–H groups in total. The second-order valence-corrected chi connectivity index (χ2v) is 13.2. The minimum absolute atomic E-state index is 0.648. The Morgan fingerprint density at radius 3 is 1.71 bits per heavy atom. The Hall–Kier alpha value is -6.39. The third kappa shape index (κ3) is 4.79. The van der Waals surface area contributed by atoms with Crippen molar-refractivity contribution in [2.24, 2.45) is 0 Å². The van der Waals surface area contributed by atoms with Crippen LogP contribution in [-0.4, -0.2) is 0 Å². The summed E-state index contributed by atoms with van der Waals surface area (Å²) in [5.74, 6) is 1.75. The van der Waals surface area contributed by atoms with Gasteiger partial charge in [-0.2, -0.15) is 13.2 Å². The summed E-state index contributed by atoms with van der Waals surface area (Å²) in [5.41, 5.74) is 7.43. The molecule has 1 nitrogen and oxygen atoms in total. The number of halogens is 3. The van der Waals surface area contributed by atoms with E-state index in [1.807, 2.05) is 24.3 Å². The highest BCUT2D eigenvalue weighted by atomic mass is 19.4. The predicted molar refractivity (Wildman–Crippen MR) is 203 cm³/mol. The maximum Gasteiger partial charge on any atom is 0.416 e. The molecule has 0 fully saturated rings. The van der Waals surface area contributed by atoms with Crippen LogP contribution in [0.2, 0.25) is 0 Å². The molecular formula is C47H27F3O. The molecule has 0 saturated heterocycles. The van der Waals surface area contributed by atoms with Crippen molar-refractivity contribution in [3.8, 4) is 56.0 Å². The highest BCUT2D eigenvalue weighted by Gasteiger charge is 2.30. The first kappa shape index (κ1) is 29.5.